The fourth-order valence-corrected chi connectivity index (χ4v) is 2.57. The molecule has 1 atom stereocenters. The van der Waals surface area contributed by atoms with E-state index in [-0.39, 0.29) is 18.9 Å². The molecule has 0 aliphatic heterocycles. The first-order chi connectivity index (χ1) is 10.1. The van der Waals surface area contributed by atoms with Crippen LogP contribution in [0.5, 0.6) is 5.75 Å². The van der Waals surface area contributed by atoms with Crippen LogP contribution >= 0.6 is 22.9 Å². The van der Waals surface area contributed by atoms with E-state index in [0.29, 0.717) is 17.4 Å². The molecule has 2 aromatic rings. The van der Waals surface area contributed by atoms with E-state index < -0.39 is 5.97 Å². The van der Waals surface area contributed by atoms with Gasteiger partial charge < -0.3 is 15.6 Å². The lowest BCUT2D eigenvalue weighted by Crippen LogP contribution is -2.16. The van der Waals surface area contributed by atoms with Crippen molar-refractivity contribution >= 4 is 28.9 Å². The van der Waals surface area contributed by atoms with E-state index in [0.717, 1.165) is 10.4 Å². The molecule has 0 saturated heterocycles. The van der Waals surface area contributed by atoms with Gasteiger partial charge >= 0.3 is 5.97 Å². The van der Waals surface area contributed by atoms with Gasteiger partial charge in [0, 0.05) is 12.1 Å². The summed E-state index contributed by atoms with van der Waals surface area (Å²) in [6.07, 6.45) is 1.71. The molecular weight excluding hydrogens is 312 g/mol. The number of carboxylic acids is 1. The molecule has 0 radical (unpaired) electrons. The predicted octanol–water partition coefficient (Wildman–Crippen LogP) is 2.89. The fourth-order valence-electron chi connectivity index (χ4n) is 1.89. The van der Waals surface area contributed by atoms with Crippen molar-refractivity contribution in [3.8, 4) is 5.75 Å². The Hall–Kier alpha value is -1.63. The number of carboxylic acid groups (broad SMARTS) is 1. The molecule has 5 nitrogen and oxygen atoms in total. The number of nitrogens with two attached hydrogens (primary N) is 1. The standard InChI is InChI=1S/C14H15ClN2O3S/c15-12-2-1-9(10(5-16)4-14(18)19)3-13(12)20-7-11-6-17-8-21-11/h1-3,6,8,10H,4-5,7,16H2,(H,18,19)/t10-/m0/s1. The van der Waals surface area contributed by atoms with Crippen LogP contribution in [-0.4, -0.2) is 22.6 Å². The van der Waals surface area contributed by atoms with E-state index in [1.165, 1.54) is 11.3 Å². The maximum atomic E-state index is 10.9. The van der Waals surface area contributed by atoms with E-state index in [2.05, 4.69) is 4.98 Å². The molecule has 0 saturated carbocycles. The van der Waals surface area contributed by atoms with Gasteiger partial charge in [-0.15, -0.1) is 11.3 Å². The maximum absolute atomic E-state index is 10.9. The number of hydrogen-bond acceptors (Lipinski definition) is 5. The zero-order valence-electron chi connectivity index (χ0n) is 11.2. The SMILES string of the molecule is NC[C@H](CC(=O)O)c1ccc(Cl)c(OCc2cncs2)c1. The van der Waals surface area contributed by atoms with Crippen molar-refractivity contribution in [2.75, 3.05) is 6.54 Å². The van der Waals surface area contributed by atoms with Crippen molar-refractivity contribution in [2.24, 2.45) is 5.73 Å². The number of ether oxygens (including phenoxy) is 1. The molecular formula is C14H15ClN2O3S. The fraction of sp³-hybridized carbons (Fsp3) is 0.286. The van der Waals surface area contributed by atoms with Crippen molar-refractivity contribution < 1.29 is 14.6 Å². The Morgan fingerprint density at radius 3 is 2.95 bits per heavy atom. The maximum Gasteiger partial charge on any atom is 0.304 e. The molecule has 2 rings (SSSR count). The van der Waals surface area contributed by atoms with Gasteiger partial charge in [-0.05, 0) is 24.2 Å². The second kappa shape index (κ2) is 7.40. The van der Waals surface area contributed by atoms with Crippen LogP contribution in [0.15, 0.2) is 29.9 Å². The summed E-state index contributed by atoms with van der Waals surface area (Å²) in [4.78, 5) is 15.8. The van der Waals surface area contributed by atoms with E-state index in [4.69, 9.17) is 27.2 Å². The Morgan fingerprint density at radius 2 is 2.33 bits per heavy atom. The molecule has 0 fully saturated rings. The molecule has 7 heteroatoms. The first-order valence-electron chi connectivity index (χ1n) is 6.31. The van der Waals surface area contributed by atoms with Gasteiger partial charge in [0.15, 0.2) is 0 Å². The number of halogens is 1. The molecule has 3 N–H and O–H groups in total. The molecule has 0 amide bonds. The third kappa shape index (κ3) is 4.42. The first-order valence-corrected chi connectivity index (χ1v) is 7.57. The van der Waals surface area contributed by atoms with E-state index in [1.54, 1.807) is 29.9 Å². The second-order valence-electron chi connectivity index (χ2n) is 4.48. The molecule has 1 heterocycles. The number of hydrogen-bond donors (Lipinski definition) is 2. The van der Waals surface area contributed by atoms with E-state index in [1.807, 2.05) is 0 Å². The summed E-state index contributed by atoms with van der Waals surface area (Å²) in [6, 6.07) is 5.23. The van der Waals surface area contributed by atoms with Gasteiger partial charge in [-0.1, -0.05) is 17.7 Å². The highest BCUT2D eigenvalue weighted by molar-refractivity contribution is 7.09. The highest BCUT2D eigenvalue weighted by Crippen LogP contribution is 2.30. The topological polar surface area (TPSA) is 85.4 Å². The number of aromatic nitrogens is 1. The monoisotopic (exact) mass is 326 g/mol. The average molecular weight is 327 g/mol. The van der Waals surface area contributed by atoms with Gasteiger partial charge in [0.1, 0.15) is 12.4 Å². The van der Waals surface area contributed by atoms with Crippen LogP contribution in [0.4, 0.5) is 0 Å². The van der Waals surface area contributed by atoms with Crippen LogP contribution in [0.25, 0.3) is 0 Å². The van der Waals surface area contributed by atoms with Crippen LogP contribution < -0.4 is 10.5 Å². The first kappa shape index (κ1) is 15.8. The summed E-state index contributed by atoms with van der Waals surface area (Å²) < 4.78 is 5.67. The molecule has 1 aromatic heterocycles. The van der Waals surface area contributed by atoms with Crippen LogP contribution in [-0.2, 0) is 11.4 Å². The quantitative estimate of drug-likeness (QED) is 0.817. The molecule has 0 bridgehead atoms. The molecule has 112 valence electrons. The lowest BCUT2D eigenvalue weighted by atomic mass is 9.96. The number of benzene rings is 1. The summed E-state index contributed by atoms with van der Waals surface area (Å²) in [5.74, 6) is -0.621. The van der Waals surface area contributed by atoms with Crippen molar-refractivity contribution in [1.29, 1.82) is 0 Å². The highest BCUT2D eigenvalue weighted by atomic mass is 35.5. The van der Waals surface area contributed by atoms with Gasteiger partial charge in [-0.25, -0.2) is 0 Å². The minimum atomic E-state index is -0.882. The van der Waals surface area contributed by atoms with Gasteiger partial charge in [0.05, 0.1) is 21.8 Å². The van der Waals surface area contributed by atoms with Crippen LogP contribution in [0, 0.1) is 0 Å². The van der Waals surface area contributed by atoms with Gasteiger partial charge in [-0.2, -0.15) is 0 Å². The van der Waals surface area contributed by atoms with Crippen LogP contribution in [0.3, 0.4) is 0 Å². The predicted molar refractivity (Wildman–Crippen MR) is 81.9 cm³/mol. The summed E-state index contributed by atoms with van der Waals surface area (Å²) in [6.45, 7) is 0.627. The normalized spacial score (nSPS) is 12.1. The Kier molecular flexibility index (Phi) is 5.55. The lowest BCUT2D eigenvalue weighted by molar-refractivity contribution is -0.137. The molecule has 21 heavy (non-hydrogen) atoms. The molecule has 0 unspecified atom stereocenters. The number of carbonyl (C=O) groups is 1. The lowest BCUT2D eigenvalue weighted by Gasteiger charge is -2.15. The summed E-state index contributed by atoms with van der Waals surface area (Å²) >= 11 is 7.60. The van der Waals surface area contributed by atoms with Crippen LogP contribution in [0.2, 0.25) is 5.02 Å². The zero-order chi connectivity index (χ0) is 15.2. The van der Waals surface area contributed by atoms with Crippen molar-refractivity contribution in [1.82, 2.24) is 4.98 Å². The minimum absolute atomic E-state index is 0.0214. The molecule has 0 aliphatic rings. The van der Waals surface area contributed by atoms with Gasteiger partial charge in [-0.3, -0.25) is 9.78 Å². The molecule has 1 aromatic carbocycles. The molecule has 0 aliphatic carbocycles. The number of thiazole rings is 1. The van der Waals surface area contributed by atoms with Crippen molar-refractivity contribution in [2.45, 2.75) is 18.9 Å². The van der Waals surface area contributed by atoms with E-state index in [9.17, 15) is 4.79 Å². The Labute approximate surface area is 131 Å². The second-order valence-corrected chi connectivity index (χ2v) is 5.85. The van der Waals surface area contributed by atoms with Gasteiger partial charge in [0.2, 0.25) is 0 Å². The third-order valence-corrected chi connectivity index (χ3v) is 4.05. The molecule has 0 spiro atoms. The Bertz CT molecular complexity index is 604. The smallest absolute Gasteiger partial charge is 0.304 e. The van der Waals surface area contributed by atoms with Crippen LogP contribution in [0.1, 0.15) is 22.8 Å². The minimum Gasteiger partial charge on any atom is -0.486 e. The van der Waals surface area contributed by atoms with Crippen molar-refractivity contribution in [3.05, 3.63) is 45.4 Å². The Morgan fingerprint density at radius 1 is 1.52 bits per heavy atom. The average Bonchev–Trinajstić information content (AvgIpc) is 2.97. The summed E-state index contributed by atoms with van der Waals surface area (Å²) in [5, 5.41) is 9.39. The summed E-state index contributed by atoms with van der Waals surface area (Å²) in [5.41, 5.74) is 8.19. The number of rotatable bonds is 7. The largest absolute Gasteiger partial charge is 0.486 e. The van der Waals surface area contributed by atoms with E-state index >= 15 is 0 Å². The Balaban J connectivity index is 2.13. The number of nitrogens with zero attached hydrogens (tertiary/aromatic N) is 1. The number of aliphatic carboxylic acids is 1. The van der Waals surface area contributed by atoms with Crippen molar-refractivity contribution in [3.63, 3.8) is 0 Å². The third-order valence-electron chi connectivity index (χ3n) is 2.99. The van der Waals surface area contributed by atoms with Gasteiger partial charge in [0.25, 0.3) is 0 Å². The zero-order valence-corrected chi connectivity index (χ0v) is 12.7. The summed E-state index contributed by atoms with van der Waals surface area (Å²) in [7, 11) is 0. The highest BCUT2D eigenvalue weighted by Gasteiger charge is 2.16.